The van der Waals surface area contributed by atoms with Crippen LogP contribution in [0.3, 0.4) is 0 Å². The fourth-order valence-corrected chi connectivity index (χ4v) is 2.37. The van der Waals surface area contributed by atoms with Crippen LogP contribution >= 0.6 is 0 Å². The highest BCUT2D eigenvalue weighted by atomic mass is 16.5. The summed E-state index contributed by atoms with van der Waals surface area (Å²) in [6.07, 6.45) is 0. The van der Waals surface area contributed by atoms with Gasteiger partial charge in [-0.25, -0.2) is 14.8 Å². The van der Waals surface area contributed by atoms with Crippen LogP contribution in [0.15, 0.2) is 24.3 Å². The number of amides is 2. The molecule has 1 aliphatic rings. The van der Waals surface area contributed by atoms with Crippen molar-refractivity contribution in [1.29, 1.82) is 0 Å². The van der Waals surface area contributed by atoms with Gasteiger partial charge in [-0.1, -0.05) is 12.1 Å². The van der Waals surface area contributed by atoms with Gasteiger partial charge in [0.15, 0.2) is 5.82 Å². The number of para-hydroxylation sites is 1. The maximum Gasteiger partial charge on any atom is 0.330 e. The van der Waals surface area contributed by atoms with Gasteiger partial charge in [-0.3, -0.25) is 15.8 Å². The van der Waals surface area contributed by atoms with E-state index >= 15 is 0 Å². The number of anilines is 1. The van der Waals surface area contributed by atoms with Gasteiger partial charge in [0.1, 0.15) is 5.82 Å². The van der Waals surface area contributed by atoms with Crippen LogP contribution in [0.5, 0.6) is 0 Å². The first-order valence-corrected chi connectivity index (χ1v) is 7.09. The van der Waals surface area contributed by atoms with Crippen molar-refractivity contribution in [3.8, 4) is 0 Å². The smallest absolute Gasteiger partial charge is 0.330 e. The molecule has 4 N–H and O–H groups in total. The van der Waals surface area contributed by atoms with Crippen molar-refractivity contribution in [3.05, 3.63) is 30.1 Å². The molecule has 0 radical (unpaired) electrons. The molecule has 0 atom stereocenters. The van der Waals surface area contributed by atoms with Gasteiger partial charge in [-0.15, -0.1) is 0 Å². The van der Waals surface area contributed by atoms with Crippen molar-refractivity contribution in [2.75, 3.05) is 31.7 Å². The third kappa shape index (κ3) is 3.41. The monoisotopic (exact) mass is 302 g/mol. The van der Waals surface area contributed by atoms with Crippen LogP contribution in [0.25, 0.3) is 10.9 Å². The minimum absolute atomic E-state index is 0.535. The number of carbonyl (C=O) groups excluding carboxylic acids is 1. The largest absolute Gasteiger partial charge is 0.379 e. The number of ether oxygens (including phenoxy) is 1. The number of fused-ring (bicyclic) bond motifs is 1. The topological polar surface area (TPSA) is 105 Å². The van der Waals surface area contributed by atoms with Crippen molar-refractivity contribution in [2.45, 2.75) is 6.54 Å². The Morgan fingerprint density at radius 2 is 2.05 bits per heavy atom. The summed E-state index contributed by atoms with van der Waals surface area (Å²) in [6.45, 7) is 3.81. The Bertz CT molecular complexity index is 671. The summed E-state index contributed by atoms with van der Waals surface area (Å²) in [5, 5.41) is 0.821. The van der Waals surface area contributed by atoms with Crippen molar-refractivity contribution in [3.63, 3.8) is 0 Å². The van der Waals surface area contributed by atoms with E-state index in [1.54, 1.807) is 0 Å². The summed E-state index contributed by atoms with van der Waals surface area (Å²) in [5.74, 6) is 1.22. The summed E-state index contributed by atoms with van der Waals surface area (Å²) in [7, 11) is 0. The molecule has 0 aliphatic carbocycles. The van der Waals surface area contributed by atoms with E-state index in [9.17, 15) is 4.79 Å². The highest BCUT2D eigenvalue weighted by Gasteiger charge is 2.14. The Hall–Kier alpha value is -2.45. The van der Waals surface area contributed by atoms with Crippen LogP contribution in [0.4, 0.5) is 10.6 Å². The van der Waals surface area contributed by atoms with Crippen molar-refractivity contribution in [2.24, 2.45) is 5.73 Å². The maximum absolute atomic E-state index is 10.9. The first-order valence-electron chi connectivity index (χ1n) is 7.09. The molecule has 8 heteroatoms. The first-order chi connectivity index (χ1) is 10.7. The van der Waals surface area contributed by atoms with Gasteiger partial charge in [0.05, 0.1) is 25.3 Å². The summed E-state index contributed by atoms with van der Waals surface area (Å²) in [4.78, 5) is 22.2. The molecule has 2 amide bonds. The molecule has 3 rings (SSSR count). The molecule has 22 heavy (non-hydrogen) atoms. The Morgan fingerprint density at radius 3 is 2.82 bits per heavy atom. The van der Waals surface area contributed by atoms with Gasteiger partial charge in [0, 0.05) is 18.5 Å². The lowest BCUT2D eigenvalue weighted by Gasteiger charge is -2.26. The number of nitrogens with zero attached hydrogens (tertiary/aromatic N) is 3. The summed E-state index contributed by atoms with van der Waals surface area (Å²) >= 11 is 0. The van der Waals surface area contributed by atoms with E-state index in [2.05, 4.69) is 25.7 Å². The first kappa shape index (κ1) is 14.5. The van der Waals surface area contributed by atoms with Crippen LogP contribution in [0.1, 0.15) is 5.82 Å². The van der Waals surface area contributed by atoms with Gasteiger partial charge >= 0.3 is 6.03 Å². The number of urea groups is 1. The van der Waals surface area contributed by atoms with Gasteiger partial charge < -0.3 is 10.5 Å². The third-order valence-electron chi connectivity index (χ3n) is 3.42. The van der Waals surface area contributed by atoms with Gasteiger partial charge in [-0.2, -0.15) is 0 Å². The molecule has 1 aliphatic heterocycles. The fraction of sp³-hybridized carbons (Fsp3) is 0.357. The van der Waals surface area contributed by atoms with Gasteiger partial charge in [-0.05, 0) is 12.1 Å². The molecule has 0 spiro atoms. The number of hydrogen-bond donors (Lipinski definition) is 3. The number of hydrogen-bond acceptors (Lipinski definition) is 6. The Labute approximate surface area is 127 Å². The number of carbonyl (C=O) groups is 1. The molecule has 2 aromatic rings. The number of hydrazine groups is 1. The Kier molecular flexibility index (Phi) is 4.31. The van der Waals surface area contributed by atoms with E-state index in [1.807, 2.05) is 24.3 Å². The van der Waals surface area contributed by atoms with Crippen LogP contribution in [0.2, 0.25) is 0 Å². The molecule has 1 aromatic heterocycles. The maximum atomic E-state index is 10.9. The van der Waals surface area contributed by atoms with E-state index in [1.165, 1.54) is 0 Å². The molecule has 0 bridgehead atoms. The zero-order valence-corrected chi connectivity index (χ0v) is 12.1. The van der Waals surface area contributed by atoms with Crippen molar-refractivity contribution in [1.82, 2.24) is 20.3 Å². The predicted octanol–water partition coefficient (Wildman–Crippen LogP) is 0.457. The number of aromatic nitrogens is 2. The third-order valence-corrected chi connectivity index (χ3v) is 3.42. The SMILES string of the molecule is NC(=O)NNc1nc(CN2CCOCC2)nc2ccccc12. The molecule has 2 heterocycles. The summed E-state index contributed by atoms with van der Waals surface area (Å²) in [6, 6.07) is 6.94. The molecule has 1 saturated heterocycles. The number of rotatable bonds is 4. The predicted molar refractivity (Wildman–Crippen MR) is 82.0 cm³/mol. The van der Waals surface area contributed by atoms with E-state index in [0.717, 1.165) is 37.2 Å². The number of morpholine rings is 1. The quantitative estimate of drug-likeness (QED) is 0.709. The van der Waals surface area contributed by atoms with Crippen LogP contribution < -0.4 is 16.6 Å². The minimum atomic E-state index is -0.669. The second kappa shape index (κ2) is 6.54. The standard InChI is InChI=1S/C14H18N6O2/c15-14(21)19-18-13-10-3-1-2-4-11(10)16-12(17-13)9-20-5-7-22-8-6-20/h1-4H,5-9H2,(H3,15,19,21)(H,16,17,18). The van der Waals surface area contributed by atoms with Crippen LogP contribution in [-0.2, 0) is 11.3 Å². The van der Waals surface area contributed by atoms with Gasteiger partial charge in [0.25, 0.3) is 0 Å². The summed E-state index contributed by atoms with van der Waals surface area (Å²) in [5.41, 5.74) is 11.0. The lowest BCUT2D eigenvalue weighted by Crippen LogP contribution is -2.36. The van der Waals surface area contributed by atoms with E-state index in [4.69, 9.17) is 10.5 Å². The zero-order chi connectivity index (χ0) is 15.4. The van der Waals surface area contributed by atoms with E-state index in [0.29, 0.717) is 18.2 Å². The van der Waals surface area contributed by atoms with Crippen LogP contribution in [0, 0.1) is 0 Å². The number of benzene rings is 1. The zero-order valence-electron chi connectivity index (χ0n) is 12.1. The lowest BCUT2D eigenvalue weighted by atomic mass is 10.2. The highest BCUT2D eigenvalue weighted by Crippen LogP contribution is 2.20. The molecule has 0 unspecified atom stereocenters. The average Bonchev–Trinajstić information content (AvgIpc) is 2.53. The second-order valence-corrected chi connectivity index (χ2v) is 5.01. The van der Waals surface area contributed by atoms with Crippen molar-refractivity contribution >= 4 is 22.8 Å². The highest BCUT2D eigenvalue weighted by molar-refractivity contribution is 5.89. The fourth-order valence-electron chi connectivity index (χ4n) is 2.37. The Balaban J connectivity index is 1.87. The second-order valence-electron chi connectivity index (χ2n) is 5.01. The van der Waals surface area contributed by atoms with E-state index in [-0.39, 0.29) is 0 Å². The summed E-state index contributed by atoms with van der Waals surface area (Å²) < 4.78 is 5.34. The number of nitrogens with two attached hydrogens (primary N) is 1. The van der Waals surface area contributed by atoms with Crippen molar-refractivity contribution < 1.29 is 9.53 Å². The molecule has 1 aromatic carbocycles. The minimum Gasteiger partial charge on any atom is -0.379 e. The van der Waals surface area contributed by atoms with Crippen LogP contribution in [-0.4, -0.2) is 47.2 Å². The molecule has 1 fully saturated rings. The Morgan fingerprint density at radius 1 is 1.27 bits per heavy atom. The van der Waals surface area contributed by atoms with Gasteiger partial charge in [0.2, 0.25) is 0 Å². The number of primary amides is 1. The molecular formula is C14H18N6O2. The average molecular weight is 302 g/mol. The molecule has 0 saturated carbocycles. The molecule has 8 nitrogen and oxygen atoms in total. The van der Waals surface area contributed by atoms with E-state index < -0.39 is 6.03 Å². The molecule has 116 valence electrons. The normalized spacial score (nSPS) is 15.6. The number of nitrogens with one attached hydrogen (secondary N) is 2. The lowest BCUT2D eigenvalue weighted by molar-refractivity contribution is 0.0331. The molecular weight excluding hydrogens is 284 g/mol.